The van der Waals surface area contributed by atoms with E-state index in [2.05, 4.69) is 31.4 Å². The van der Waals surface area contributed by atoms with Crippen molar-refractivity contribution < 1.29 is 14.1 Å². The fourth-order valence-electron chi connectivity index (χ4n) is 2.00. The summed E-state index contributed by atoms with van der Waals surface area (Å²) in [5.41, 5.74) is 1.22. The molecule has 0 atom stereocenters. The lowest BCUT2D eigenvalue weighted by Gasteiger charge is -2.04. The SMILES string of the molecule is O=C(CSc1nnc(-c2ccc([N+](=O)[O-])cc2)o1)Nc1cccc(Br)c1. The lowest BCUT2D eigenvalue weighted by Crippen LogP contribution is -2.13. The van der Waals surface area contributed by atoms with E-state index in [-0.39, 0.29) is 28.5 Å². The van der Waals surface area contributed by atoms with E-state index in [1.165, 1.54) is 24.3 Å². The van der Waals surface area contributed by atoms with Gasteiger partial charge in [-0.2, -0.15) is 0 Å². The standard InChI is InChI=1S/C16H11BrN4O4S/c17-11-2-1-3-12(8-11)18-14(22)9-26-16-20-19-15(25-16)10-4-6-13(7-5-10)21(23)24/h1-8H,9H2,(H,18,22). The molecule has 0 unspecified atom stereocenters. The second-order valence-corrected chi connectivity index (χ2v) is 6.87. The number of nitrogens with zero attached hydrogens (tertiary/aromatic N) is 3. The summed E-state index contributed by atoms with van der Waals surface area (Å²) in [5.74, 6) is 0.131. The van der Waals surface area contributed by atoms with Crippen molar-refractivity contribution in [2.45, 2.75) is 5.22 Å². The number of thioether (sulfide) groups is 1. The molecule has 0 radical (unpaired) electrons. The van der Waals surface area contributed by atoms with Crippen molar-refractivity contribution >= 4 is 45.0 Å². The van der Waals surface area contributed by atoms with Crippen LogP contribution < -0.4 is 5.32 Å². The number of hydrogen-bond acceptors (Lipinski definition) is 7. The third-order valence-corrected chi connectivity index (χ3v) is 4.48. The molecule has 0 aliphatic carbocycles. The van der Waals surface area contributed by atoms with E-state index in [0.29, 0.717) is 11.3 Å². The van der Waals surface area contributed by atoms with Crippen LogP contribution in [0.4, 0.5) is 11.4 Å². The Morgan fingerprint density at radius 3 is 2.69 bits per heavy atom. The van der Waals surface area contributed by atoms with Crippen LogP contribution in [0.1, 0.15) is 0 Å². The minimum Gasteiger partial charge on any atom is -0.411 e. The van der Waals surface area contributed by atoms with Gasteiger partial charge in [-0.05, 0) is 30.3 Å². The number of hydrogen-bond donors (Lipinski definition) is 1. The minimum atomic E-state index is -0.483. The molecule has 0 aliphatic rings. The topological polar surface area (TPSA) is 111 Å². The molecule has 0 fully saturated rings. The van der Waals surface area contributed by atoms with Gasteiger partial charge in [-0.25, -0.2) is 0 Å². The summed E-state index contributed by atoms with van der Waals surface area (Å²) in [5, 5.41) is 21.4. The van der Waals surface area contributed by atoms with Gasteiger partial charge in [0, 0.05) is 27.9 Å². The summed E-state index contributed by atoms with van der Waals surface area (Å²) in [6, 6.07) is 13.0. The smallest absolute Gasteiger partial charge is 0.277 e. The summed E-state index contributed by atoms with van der Waals surface area (Å²) in [4.78, 5) is 22.2. The van der Waals surface area contributed by atoms with Gasteiger partial charge in [0.1, 0.15) is 0 Å². The number of rotatable bonds is 6. The van der Waals surface area contributed by atoms with E-state index in [1.807, 2.05) is 12.1 Å². The van der Waals surface area contributed by atoms with Crippen LogP contribution in [0.15, 0.2) is 62.6 Å². The van der Waals surface area contributed by atoms with E-state index in [4.69, 9.17) is 4.42 Å². The first kappa shape index (κ1) is 18.1. The van der Waals surface area contributed by atoms with Crippen LogP contribution in [0, 0.1) is 10.1 Å². The Bertz CT molecular complexity index is 945. The third-order valence-electron chi connectivity index (χ3n) is 3.17. The molecular formula is C16H11BrN4O4S. The number of nitrogens with one attached hydrogen (secondary N) is 1. The highest BCUT2D eigenvalue weighted by Crippen LogP contribution is 2.25. The van der Waals surface area contributed by atoms with Crippen LogP contribution in [-0.2, 0) is 4.79 Å². The van der Waals surface area contributed by atoms with Gasteiger partial charge in [-0.1, -0.05) is 33.8 Å². The predicted molar refractivity (Wildman–Crippen MR) is 99.9 cm³/mol. The molecule has 10 heteroatoms. The average Bonchev–Trinajstić information content (AvgIpc) is 3.09. The molecule has 8 nitrogen and oxygen atoms in total. The largest absolute Gasteiger partial charge is 0.411 e. The molecule has 3 aromatic rings. The van der Waals surface area contributed by atoms with Crippen LogP contribution in [0.2, 0.25) is 0 Å². The third kappa shape index (κ3) is 4.67. The molecule has 0 saturated heterocycles. The molecule has 1 N–H and O–H groups in total. The summed E-state index contributed by atoms with van der Waals surface area (Å²) in [6.07, 6.45) is 0. The molecule has 0 saturated carbocycles. The molecule has 0 bridgehead atoms. The molecule has 1 aromatic heterocycles. The first-order chi connectivity index (χ1) is 12.5. The van der Waals surface area contributed by atoms with Crippen molar-refractivity contribution in [1.29, 1.82) is 0 Å². The van der Waals surface area contributed by atoms with E-state index in [0.717, 1.165) is 16.2 Å². The highest BCUT2D eigenvalue weighted by Gasteiger charge is 2.13. The maximum absolute atomic E-state index is 12.0. The van der Waals surface area contributed by atoms with Gasteiger partial charge in [0.2, 0.25) is 11.8 Å². The van der Waals surface area contributed by atoms with Crippen molar-refractivity contribution in [1.82, 2.24) is 10.2 Å². The summed E-state index contributed by atoms with van der Waals surface area (Å²) >= 11 is 4.44. The molecular weight excluding hydrogens is 424 g/mol. The molecule has 2 aromatic carbocycles. The number of carbonyl (C=O) groups is 1. The molecule has 1 heterocycles. The Morgan fingerprint density at radius 1 is 1.23 bits per heavy atom. The highest BCUT2D eigenvalue weighted by molar-refractivity contribution is 9.10. The molecule has 1 amide bonds. The van der Waals surface area contributed by atoms with Crippen molar-refractivity contribution in [3.8, 4) is 11.5 Å². The number of benzene rings is 2. The van der Waals surface area contributed by atoms with E-state index < -0.39 is 4.92 Å². The number of nitro benzene ring substituents is 1. The van der Waals surface area contributed by atoms with Crippen molar-refractivity contribution in [3.63, 3.8) is 0 Å². The van der Waals surface area contributed by atoms with Crippen LogP contribution in [0.3, 0.4) is 0 Å². The highest BCUT2D eigenvalue weighted by atomic mass is 79.9. The van der Waals surface area contributed by atoms with Crippen molar-refractivity contribution in [2.75, 3.05) is 11.1 Å². The van der Waals surface area contributed by atoms with Gasteiger partial charge in [0.15, 0.2) is 0 Å². The average molecular weight is 435 g/mol. The van der Waals surface area contributed by atoms with E-state index in [1.54, 1.807) is 12.1 Å². The zero-order chi connectivity index (χ0) is 18.5. The van der Waals surface area contributed by atoms with Gasteiger partial charge < -0.3 is 9.73 Å². The fraction of sp³-hybridized carbons (Fsp3) is 0.0625. The lowest BCUT2D eigenvalue weighted by molar-refractivity contribution is -0.384. The Hall–Kier alpha value is -2.72. The predicted octanol–water partition coefficient (Wildman–Crippen LogP) is 4.14. The number of amides is 1. The first-order valence-corrected chi connectivity index (χ1v) is 9.06. The number of halogens is 1. The maximum atomic E-state index is 12.0. The summed E-state index contributed by atoms with van der Waals surface area (Å²) in [6.45, 7) is 0. The van der Waals surface area contributed by atoms with Gasteiger partial charge in [-0.3, -0.25) is 14.9 Å². The van der Waals surface area contributed by atoms with Crippen molar-refractivity contribution in [3.05, 3.63) is 63.1 Å². The second-order valence-electron chi connectivity index (χ2n) is 5.02. The van der Waals surface area contributed by atoms with Crippen LogP contribution >= 0.6 is 27.7 Å². The molecule has 0 aliphatic heterocycles. The number of aromatic nitrogens is 2. The van der Waals surface area contributed by atoms with Gasteiger partial charge in [0.05, 0.1) is 10.7 Å². The quantitative estimate of drug-likeness (QED) is 0.352. The van der Waals surface area contributed by atoms with Gasteiger partial charge >= 0.3 is 0 Å². The Morgan fingerprint density at radius 2 is 2.00 bits per heavy atom. The zero-order valence-electron chi connectivity index (χ0n) is 13.1. The summed E-state index contributed by atoms with van der Waals surface area (Å²) in [7, 11) is 0. The lowest BCUT2D eigenvalue weighted by atomic mass is 10.2. The molecule has 26 heavy (non-hydrogen) atoms. The molecule has 132 valence electrons. The Balaban J connectivity index is 1.58. The first-order valence-electron chi connectivity index (χ1n) is 7.28. The van der Waals surface area contributed by atoms with E-state index >= 15 is 0 Å². The van der Waals surface area contributed by atoms with Crippen LogP contribution in [-0.4, -0.2) is 26.8 Å². The fourth-order valence-corrected chi connectivity index (χ4v) is 2.96. The maximum Gasteiger partial charge on any atom is 0.277 e. The number of nitro groups is 1. The molecule has 0 spiro atoms. The minimum absolute atomic E-state index is 0.0212. The monoisotopic (exact) mass is 434 g/mol. The van der Waals surface area contributed by atoms with E-state index in [9.17, 15) is 14.9 Å². The summed E-state index contributed by atoms with van der Waals surface area (Å²) < 4.78 is 6.34. The van der Waals surface area contributed by atoms with Crippen LogP contribution in [0.25, 0.3) is 11.5 Å². The zero-order valence-corrected chi connectivity index (χ0v) is 15.5. The number of non-ortho nitro benzene ring substituents is 1. The van der Waals surface area contributed by atoms with Gasteiger partial charge in [-0.15, -0.1) is 10.2 Å². The van der Waals surface area contributed by atoms with Crippen LogP contribution in [0.5, 0.6) is 0 Å². The number of carbonyl (C=O) groups excluding carboxylic acids is 1. The van der Waals surface area contributed by atoms with Gasteiger partial charge in [0.25, 0.3) is 10.9 Å². The Labute approximate surface area is 160 Å². The number of anilines is 1. The normalized spacial score (nSPS) is 10.5. The Kier molecular flexibility index (Phi) is 5.64. The van der Waals surface area contributed by atoms with Crippen molar-refractivity contribution in [2.24, 2.45) is 0 Å². The second kappa shape index (κ2) is 8.11. The molecule has 3 rings (SSSR count).